The molecule has 4 N–H and O–H groups in total. The normalized spacial score (nSPS) is 13.6. The van der Waals surface area contributed by atoms with Gasteiger partial charge in [0.15, 0.2) is 0 Å². The minimum atomic E-state index is -5.08. The number of benzene rings is 1. The van der Waals surface area contributed by atoms with Crippen LogP contribution in [0.25, 0.3) is 0 Å². The van der Waals surface area contributed by atoms with Crippen LogP contribution in [0.1, 0.15) is 15.9 Å². The van der Waals surface area contributed by atoms with Gasteiger partial charge in [-0.1, -0.05) is 6.07 Å². The van der Waals surface area contributed by atoms with E-state index in [9.17, 15) is 18.0 Å². The van der Waals surface area contributed by atoms with Crippen molar-refractivity contribution in [3.05, 3.63) is 29.3 Å². The van der Waals surface area contributed by atoms with Crippen LogP contribution in [0, 0.1) is 0 Å². The Morgan fingerprint density at radius 3 is 2.50 bits per heavy atom. The third-order valence-electron chi connectivity index (χ3n) is 2.53. The van der Waals surface area contributed by atoms with Gasteiger partial charge in [-0.2, -0.15) is 13.2 Å². The first-order valence-electron chi connectivity index (χ1n) is 5.96. The highest BCUT2D eigenvalue weighted by Gasteiger charge is 2.38. The minimum absolute atomic E-state index is 0.387. The number of hydrogen-bond acceptors (Lipinski definition) is 5. The largest absolute Gasteiger partial charge is 0.492 e. The fraction of sp³-hybridized carbons (Fsp3) is 0.333. The van der Waals surface area contributed by atoms with Gasteiger partial charge in [0, 0.05) is 24.2 Å². The summed E-state index contributed by atoms with van der Waals surface area (Å²) in [5.41, 5.74) is 3.00. The van der Waals surface area contributed by atoms with E-state index in [4.69, 9.17) is 19.8 Å². The van der Waals surface area contributed by atoms with Crippen molar-refractivity contribution in [2.45, 2.75) is 12.7 Å². The van der Waals surface area contributed by atoms with Gasteiger partial charge in [-0.3, -0.25) is 10.0 Å². The summed E-state index contributed by atoms with van der Waals surface area (Å²) in [4.78, 5) is 20.0. The van der Waals surface area contributed by atoms with Crippen molar-refractivity contribution in [2.24, 2.45) is 0 Å². The topological polar surface area (TPSA) is 108 Å². The van der Waals surface area contributed by atoms with Crippen LogP contribution < -0.4 is 15.5 Å². The Bertz CT molecular complexity index is 548. The first-order chi connectivity index (χ1) is 10.3. The molecule has 1 heterocycles. The number of carboxylic acid groups (broad SMARTS) is 1. The lowest BCUT2D eigenvalue weighted by molar-refractivity contribution is -0.192. The molecule has 0 atom stereocenters. The van der Waals surface area contributed by atoms with Gasteiger partial charge < -0.3 is 15.2 Å². The second kappa shape index (κ2) is 7.61. The number of carbonyl (C=O) groups excluding carboxylic acids is 1. The average Bonchev–Trinajstić information content (AvgIpc) is 2.70. The predicted molar refractivity (Wildman–Crippen MR) is 66.6 cm³/mol. The van der Waals surface area contributed by atoms with Crippen LogP contribution in [0.2, 0.25) is 0 Å². The van der Waals surface area contributed by atoms with Crippen molar-refractivity contribution in [3.8, 4) is 5.75 Å². The van der Waals surface area contributed by atoms with Crippen LogP contribution in [0.5, 0.6) is 5.75 Å². The SMILES string of the molecule is O=C(NO)c1ccc2c(c1)OCCNC2.O=C(O)C(F)(F)F. The first-order valence-corrected chi connectivity index (χ1v) is 5.96. The minimum Gasteiger partial charge on any atom is -0.492 e. The molecule has 1 aromatic carbocycles. The average molecular weight is 322 g/mol. The zero-order valence-corrected chi connectivity index (χ0v) is 11.1. The van der Waals surface area contributed by atoms with Gasteiger partial charge in [-0.25, -0.2) is 10.3 Å². The Balaban J connectivity index is 0.000000295. The van der Waals surface area contributed by atoms with E-state index in [0.29, 0.717) is 17.9 Å². The van der Waals surface area contributed by atoms with Crippen molar-refractivity contribution in [1.29, 1.82) is 0 Å². The highest BCUT2D eigenvalue weighted by atomic mass is 19.4. The molecule has 0 fully saturated rings. The summed E-state index contributed by atoms with van der Waals surface area (Å²) >= 11 is 0. The van der Waals surface area contributed by atoms with Crippen LogP contribution in [0.3, 0.4) is 0 Å². The van der Waals surface area contributed by atoms with E-state index in [1.165, 1.54) is 0 Å². The standard InChI is InChI=1S/C10H12N2O3.C2HF3O2/c13-10(12-14)7-1-2-8-6-11-3-4-15-9(8)5-7;3-2(4,5)1(6)7/h1-2,5,11,14H,3-4,6H2,(H,12,13);(H,6,7). The van der Waals surface area contributed by atoms with Crippen LogP contribution >= 0.6 is 0 Å². The summed E-state index contributed by atoms with van der Waals surface area (Å²) in [6.07, 6.45) is -5.08. The zero-order valence-electron chi connectivity index (χ0n) is 11.1. The molecule has 0 radical (unpaired) electrons. The number of halogens is 3. The molecular formula is C12H13F3N2O5. The molecule has 0 bridgehead atoms. The fourth-order valence-electron chi connectivity index (χ4n) is 1.50. The zero-order chi connectivity index (χ0) is 16.8. The first kappa shape index (κ1) is 17.7. The molecule has 0 spiro atoms. The number of hydroxylamine groups is 1. The predicted octanol–water partition coefficient (Wildman–Crippen LogP) is 0.921. The number of carboxylic acids is 1. The molecule has 1 aliphatic rings. The van der Waals surface area contributed by atoms with E-state index in [2.05, 4.69) is 5.32 Å². The second-order valence-electron chi connectivity index (χ2n) is 4.09. The van der Waals surface area contributed by atoms with Crippen molar-refractivity contribution in [2.75, 3.05) is 13.2 Å². The molecule has 1 aliphatic heterocycles. The molecule has 2 rings (SSSR count). The molecule has 22 heavy (non-hydrogen) atoms. The monoisotopic (exact) mass is 322 g/mol. The van der Waals surface area contributed by atoms with Crippen LogP contribution in [0.15, 0.2) is 18.2 Å². The summed E-state index contributed by atoms with van der Waals surface area (Å²) in [6, 6.07) is 5.10. The second-order valence-corrected chi connectivity index (χ2v) is 4.09. The lowest BCUT2D eigenvalue weighted by atomic mass is 10.1. The quantitative estimate of drug-likeness (QED) is 0.452. The molecule has 0 saturated heterocycles. The number of fused-ring (bicyclic) bond motifs is 1. The van der Waals surface area contributed by atoms with Gasteiger partial charge in [-0.05, 0) is 12.1 Å². The molecule has 7 nitrogen and oxygen atoms in total. The number of nitrogens with one attached hydrogen (secondary N) is 2. The number of ether oxygens (including phenoxy) is 1. The Morgan fingerprint density at radius 1 is 1.32 bits per heavy atom. The molecule has 0 unspecified atom stereocenters. The highest BCUT2D eigenvalue weighted by Crippen LogP contribution is 2.21. The summed E-state index contributed by atoms with van der Waals surface area (Å²) in [5.74, 6) is -2.59. The molecule has 122 valence electrons. The lowest BCUT2D eigenvalue weighted by Crippen LogP contribution is -2.21. The maximum atomic E-state index is 11.2. The molecule has 0 aromatic heterocycles. The lowest BCUT2D eigenvalue weighted by Gasteiger charge is -2.07. The van der Waals surface area contributed by atoms with Crippen LogP contribution in [-0.2, 0) is 11.3 Å². The number of amides is 1. The molecule has 0 saturated carbocycles. The van der Waals surface area contributed by atoms with Gasteiger partial charge in [0.2, 0.25) is 0 Å². The van der Waals surface area contributed by atoms with Gasteiger partial charge in [0.25, 0.3) is 5.91 Å². The molecule has 1 amide bonds. The number of hydrogen-bond donors (Lipinski definition) is 4. The smallest absolute Gasteiger partial charge is 0.490 e. The summed E-state index contributed by atoms with van der Waals surface area (Å²) in [7, 11) is 0. The van der Waals surface area contributed by atoms with Crippen molar-refractivity contribution in [1.82, 2.24) is 10.8 Å². The van der Waals surface area contributed by atoms with Crippen molar-refractivity contribution < 1.29 is 37.8 Å². The van der Waals surface area contributed by atoms with Gasteiger partial charge in [0.1, 0.15) is 12.4 Å². The maximum absolute atomic E-state index is 11.2. The highest BCUT2D eigenvalue weighted by molar-refractivity contribution is 5.93. The summed E-state index contributed by atoms with van der Waals surface area (Å²) in [5, 5.41) is 18.8. The van der Waals surface area contributed by atoms with E-state index < -0.39 is 18.1 Å². The van der Waals surface area contributed by atoms with Gasteiger partial charge in [-0.15, -0.1) is 0 Å². The van der Waals surface area contributed by atoms with Gasteiger partial charge >= 0.3 is 12.1 Å². The Hall–Kier alpha value is -2.33. The number of carbonyl (C=O) groups is 2. The Morgan fingerprint density at radius 2 is 1.95 bits per heavy atom. The molecule has 1 aromatic rings. The summed E-state index contributed by atoms with van der Waals surface area (Å²) in [6.45, 7) is 2.10. The third-order valence-corrected chi connectivity index (χ3v) is 2.53. The maximum Gasteiger partial charge on any atom is 0.490 e. The van der Waals surface area contributed by atoms with Crippen LogP contribution in [0.4, 0.5) is 13.2 Å². The number of rotatable bonds is 1. The Labute approximate surface area is 122 Å². The Kier molecular flexibility index (Phi) is 6.13. The molecular weight excluding hydrogens is 309 g/mol. The van der Waals surface area contributed by atoms with Crippen molar-refractivity contribution >= 4 is 11.9 Å². The van der Waals surface area contributed by atoms with E-state index in [1.54, 1.807) is 17.6 Å². The van der Waals surface area contributed by atoms with Crippen LogP contribution in [-0.4, -0.2) is 41.5 Å². The summed E-state index contributed by atoms with van der Waals surface area (Å²) < 4.78 is 37.2. The van der Waals surface area contributed by atoms with Crippen molar-refractivity contribution in [3.63, 3.8) is 0 Å². The molecule has 10 heteroatoms. The van der Waals surface area contributed by atoms with Gasteiger partial charge in [0.05, 0.1) is 0 Å². The number of aliphatic carboxylic acids is 1. The fourth-order valence-corrected chi connectivity index (χ4v) is 1.50. The van der Waals surface area contributed by atoms with E-state index >= 15 is 0 Å². The van der Waals surface area contributed by atoms with E-state index in [-0.39, 0.29) is 0 Å². The van der Waals surface area contributed by atoms with E-state index in [0.717, 1.165) is 18.7 Å². The third kappa shape index (κ3) is 5.22. The number of alkyl halides is 3. The van der Waals surface area contributed by atoms with E-state index in [1.807, 2.05) is 6.07 Å². The molecule has 0 aliphatic carbocycles.